The molecular weight excluding hydrogens is 671 g/mol. The fraction of sp³-hybridized carbons (Fsp3) is 0. The Morgan fingerprint density at radius 3 is 1.53 bits per heavy atom. The van der Waals surface area contributed by atoms with Crippen LogP contribution >= 0.6 is 11.3 Å². The third kappa shape index (κ3) is 5.77. The molecule has 0 atom stereocenters. The van der Waals surface area contributed by atoms with Gasteiger partial charge in [-0.05, 0) is 46.5 Å². The lowest BCUT2D eigenvalue weighted by Gasteiger charge is -2.11. The molecule has 0 aliphatic rings. The second-order valence-corrected chi connectivity index (χ2v) is 13.6. The Bertz CT molecular complexity index is 2950. The Labute approximate surface area is 308 Å². The van der Waals surface area contributed by atoms with E-state index in [0.29, 0.717) is 17.5 Å². The molecule has 0 bridgehead atoms. The van der Waals surface area contributed by atoms with Gasteiger partial charge in [-0.2, -0.15) is 0 Å². The van der Waals surface area contributed by atoms with Gasteiger partial charge < -0.3 is 0 Å². The molecule has 0 radical (unpaired) electrons. The molecule has 4 heterocycles. The zero-order chi connectivity index (χ0) is 35.1. The highest BCUT2D eigenvalue weighted by Gasteiger charge is 2.17. The first kappa shape index (κ1) is 30.8. The van der Waals surface area contributed by atoms with E-state index in [2.05, 4.69) is 102 Å². The molecule has 10 rings (SSSR count). The monoisotopic (exact) mass is 697 g/mol. The number of rotatable bonds is 6. The van der Waals surface area contributed by atoms with E-state index in [1.54, 1.807) is 17.7 Å². The maximum absolute atomic E-state index is 5.03. The zero-order valence-electron chi connectivity index (χ0n) is 28.1. The van der Waals surface area contributed by atoms with Gasteiger partial charge in [0.15, 0.2) is 17.5 Å². The minimum absolute atomic E-state index is 0.606. The number of fused-ring (bicyclic) bond motifs is 4. The summed E-state index contributed by atoms with van der Waals surface area (Å²) in [6.45, 7) is 0. The molecule has 0 amide bonds. The van der Waals surface area contributed by atoms with E-state index in [0.717, 1.165) is 81.8 Å². The topological polar surface area (TPSA) is 90.2 Å². The van der Waals surface area contributed by atoms with Gasteiger partial charge in [-0.3, -0.25) is 0 Å². The van der Waals surface area contributed by atoms with Crippen molar-refractivity contribution in [2.45, 2.75) is 0 Å². The highest BCUT2D eigenvalue weighted by Crippen LogP contribution is 2.38. The second-order valence-electron chi connectivity index (χ2n) is 12.6. The molecule has 0 N–H and O–H groups in total. The summed E-state index contributed by atoms with van der Waals surface area (Å²) in [4.78, 5) is 35.0. The van der Waals surface area contributed by atoms with Crippen molar-refractivity contribution in [3.05, 3.63) is 164 Å². The molecular formula is C45H27N7S. The van der Waals surface area contributed by atoms with Gasteiger partial charge in [0.2, 0.25) is 0 Å². The molecule has 10 aromatic rings. The summed E-state index contributed by atoms with van der Waals surface area (Å²) < 4.78 is 0.965. The lowest BCUT2D eigenvalue weighted by atomic mass is 9.99. The Kier molecular flexibility index (Phi) is 7.51. The fourth-order valence-electron chi connectivity index (χ4n) is 6.63. The summed E-state index contributed by atoms with van der Waals surface area (Å²) >= 11 is 1.58. The smallest absolute Gasteiger partial charge is 0.164 e. The first-order chi connectivity index (χ1) is 26.2. The van der Waals surface area contributed by atoms with Crippen LogP contribution in [-0.4, -0.2) is 34.9 Å². The van der Waals surface area contributed by atoms with Crippen LogP contribution in [0.4, 0.5) is 0 Å². The standard InChI is InChI=1S/C45H27N7S/c1-3-11-28(12-4-1)29-21-23-31(24-22-29)43-50-42(30-13-5-2-6-14-30)51-44(52-43)35-18-10-16-33(26-35)32-15-9-17-34(25-32)38-41-39(47-27-46-38)40-45(53-41)49-37-20-8-7-19-36(37)48-40/h1-27H. The average molecular weight is 698 g/mol. The van der Waals surface area contributed by atoms with Crippen LogP contribution in [0.3, 0.4) is 0 Å². The fourth-order valence-corrected chi connectivity index (χ4v) is 7.72. The normalized spacial score (nSPS) is 11.4. The van der Waals surface area contributed by atoms with E-state index in [1.807, 2.05) is 60.7 Å². The Morgan fingerprint density at radius 1 is 0.340 bits per heavy atom. The molecule has 0 saturated heterocycles. The molecule has 7 nitrogen and oxygen atoms in total. The van der Waals surface area contributed by atoms with Gasteiger partial charge in [-0.1, -0.05) is 133 Å². The number of hydrogen-bond acceptors (Lipinski definition) is 8. The molecule has 8 heteroatoms. The van der Waals surface area contributed by atoms with E-state index >= 15 is 0 Å². The van der Waals surface area contributed by atoms with Crippen molar-refractivity contribution >= 4 is 42.9 Å². The van der Waals surface area contributed by atoms with E-state index < -0.39 is 0 Å². The van der Waals surface area contributed by atoms with Gasteiger partial charge in [-0.25, -0.2) is 34.9 Å². The van der Waals surface area contributed by atoms with E-state index in [4.69, 9.17) is 29.9 Å². The third-order valence-corrected chi connectivity index (χ3v) is 10.3. The van der Waals surface area contributed by atoms with Crippen molar-refractivity contribution in [1.82, 2.24) is 34.9 Å². The summed E-state index contributed by atoms with van der Waals surface area (Å²) in [5, 5.41) is 0. The molecule has 0 spiro atoms. The summed E-state index contributed by atoms with van der Waals surface area (Å²) in [7, 11) is 0. The summed E-state index contributed by atoms with van der Waals surface area (Å²) in [6.07, 6.45) is 1.62. The lowest BCUT2D eigenvalue weighted by molar-refractivity contribution is 1.07. The zero-order valence-corrected chi connectivity index (χ0v) is 28.9. The predicted octanol–water partition coefficient (Wildman–Crippen LogP) is 11.0. The number of benzene rings is 6. The van der Waals surface area contributed by atoms with Crippen LogP contribution in [0.5, 0.6) is 0 Å². The van der Waals surface area contributed by atoms with Crippen LogP contribution in [0, 0.1) is 0 Å². The van der Waals surface area contributed by atoms with Crippen LogP contribution in [0.2, 0.25) is 0 Å². The van der Waals surface area contributed by atoms with Crippen molar-refractivity contribution in [2.24, 2.45) is 0 Å². The molecule has 0 saturated carbocycles. The molecule has 0 unspecified atom stereocenters. The van der Waals surface area contributed by atoms with Crippen molar-refractivity contribution in [3.63, 3.8) is 0 Å². The van der Waals surface area contributed by atoms with Crippen LogP contribution in [0.15, 0.2) is 164 Å². The minimum atomic E-state index is 0.606. The first-order valence-corrected chi connectivity index (χ1v) is 18.0. The number of thiophene rings is 1. The molecule has 0 aliphatic carbocycles. The van der Waals surface area contributed by atoms with Gasteiger partial charge in [0, 0.05) is 22.3 Å². The van der Waals surface area contributed by atoms with Crippen LogP contribution in [0.1, 0.15) is 0 Å². The Hall–Kier alpha value is -7.03. The van der Waals surface area contributed by atoms with Crippen molar-refractivity contribution in [2.75, 3.05) is 0 Å². The van der Waals surface area contributed by atoms with Crippen molar-refractivity contribution < 1.29 is 0 Å². The van der Waals surface area contributed by atoms with Gasteiger partial charge >= 0.3 is 0 Å². The van der Waals surface area contributed by atoms with Gasteiger partial charge in [0.25, 0.3) is 0 Å². The Morgan fingerprint density at radius 2 is 0.830 bits per heavy atom. The van der Waals surface area contributed by atoms with Crippen LogP contribution in [0.25, 0.3) is 99.3 Å². The minimum Gasteiger partial charge on any atom is -0.241 e. The maximum Gasteiger partial charge on any atom is 0.164 e. The number of aromatic nitrogens is 7. The summed E-state index contributed by atoms with van der Waals surface area (Å²) in [6, 6.07) is 53.5. The Balaban J connectivity index is 1.04. The molecule has 0 fully saturated rings. The van der Waals surface area contributed by atoms with E-state index in [-0.39, 0.29) is 0 Å². The molecule has 6 aromatic carbocycles. The van der Waals surface area contributed by atoms with Crippen LogP contribution in [-0.2, 0) is 0 Å². The predicted molar refractivity (Wildman–Crippen MR) is 214 cm³/mol. The highest BCUT2D eigenvalue weighted by atomic mass is 32.1. The first-order valence-electron chi connectivity index (χ1n) is 17.2. The molecule has 248 valence electrons. The third-order valence-electron chi connectivity index (χ3n) is 9.27. The number of nitrogens with zero attached hydrogens (tertiary/aromatic N) is 7. The van der Waals surface area contributed by atoms with E-state index in [1.165, 1.54) is 0 Å². The quantitative estimate of drug-likeness (QED) is 0.171. The SMILES string of the molecule is c1ccc(-c2ccc(-c3nc(-c4ccccc4)nc(-c4cccc(-c5cccc(-c6ncnc7c6sc6nc8ccccc8nc67)c5)c4)n3)cc2)cc1. The van der Waals surface area contributed by atoms with Crippen molar-refractivity contribution in [1.29, 1.82) is 0 Å². The van der Waals surface area contributed by atoms with Crippen LogP contribution < -0.4 is 0 Å². The van der Waals surface area contributed by atoms with Crippen molar-refractivity contribution in [3.8, 4) is 67.7 Å². The molecule has 4 aromatic heterocycles. The van der Waals surface area contributed by atoms with Gasteiger partial charge in [0.1, 0.15) is 22.2 Å². The lowest BCUT2D eigenvalue weighted by Crippen LogP contribution is -2.00. The highest BCUT2D eigenvalue weighted by molar-refractivity contribution is 7.25. The maximum atomic E-state index is 5.03. The average Bonchev–Trinajstić information content (AvgIpc) is 3.61. The molecule has 53 heavy (non-hydrogen) atoms. The molecule has 0 aliphatic heterocycles. The van der Waals surface area contributed by atoms with E-state index in [9.17, 15) is 0 Å². The largest absolute Gasteiger partial charge is 0.241 e. The number of para-hydroxylation sites is 2. The second kappa shape index (κ2) is 12.9. The summed E-state index contributed by atoms with van der Waals surface area (Å²) in [5.41, 5.74) is 12.3. The van der Waals surface area contributed by atoms with Gasteiger partial charge in [0.05, 0.1) is 21.4 Å². The number of hydrogen-bond donors (Lipinski definition) is 0. The summed E-state index contributed by atoms with van der Waals surface area (Å²) in [5.74, 6) is 1.85. The van der Waals surface area contributed by atoms with Gasteiger partial charge in [-0.15, -0.1) is 11.3 Å².